The van der Waals surface area contributed by atoms with Crippen LogP contribution in [0.2, 0.25) is 0 Å². The molecule has 7 nitrogen and oxygen atoms in total. The van der Waals surface area contributed by atoms with E-state index in [0.717, 1.165) is 12.8 Å². The fraction of sp³-hybridized carbons (Fsp3) is 0.333. The minimum Gasteiger partial charge on any atom is -0.477 e. The number of benzene rings is 1. The first-order valence-electron chi connectivity index (χ1n) is 5.85. The number of nitro groups is 1. The Labute approximate surface area is 110 Å². The largest absolute Gasteiger partial charge is 0.477 e. The van der Waals surface area contributed by atoms with Crippen LogP contribution in [0.3, 0.4) is 0 Å². The Morgan fingerprint density at radius 3 is 2.53 bits per heavy atom. The van der Waals surface area contributed by atoms with Crippen molar-refractivity contribution in [3.8, 4) is 0 Å². The second-order valence-corrected chi connectivity index (χ2v) is 3.88. The number of carboxylic acid groups (broad SMARTS) is 1. The standard InChI is InChI=1S/C12H15N3O4/c1-2-3-4-11(12(16)17)14-13-9-5-7-10(8-6-9)15(18)19/h5-8,13H,2-4H2,1H3,(H,16,17)/b14-11+. The van der Waals surface area contributed by atoms with Gasteiger partial charge >= 0.3 is 5.97 Å². The number of rotatable bonds is 7. The van der Waals surface area contributed by atoms with Crippen molar-refractivity contribution in [2.45, 2.75) is 26.2 Å². The smallest absolute Gasteiger partial charge is 0.352 e. The zero-order chi connectivity index (χ0) is 14.3. The molecule has 0 unspecified atom stereocenters. The number of unbranched alkanes of at least 4 members (excludes halogenated alkanes) is 1. The minimum absolute atomic E-state index is 0.0287. The predicted octanol–water partition coefficient (Wildman–Crippen LogP) is 2.64. The zero-order valence-electron chi connectivity index (χ0n) is 10.5. The van der Waals surface area contributed by atoms with Crippen LogP contribution in [-0.4, -0.2) is 21.7 Å². The number of carbonyl (C=O) groups is 1. The SMILES string of the molecule is CCCC/C(=N\Nc1ccc([N+](=O)[O-])cc1)C(=O)O. The van der Waals surface area contributed by atoms with E-state index in [9.17, 15) is 14.9 Å². The lowest BCUT2D eigenvalue weighted by Gasteiger charge is -2.03. The molecule has 0 amide bonds. The Balaban J connectivity index is 2.71. The van der Waals surface area contributed by atoms with Gasteiger partial charge in [0.25, 0.3) is 5.69 Å². The number of nitrogens with one attached hydrogen (secondary N) is 1. The van der Waals surface area contributed by atoms with Gasteiger partial charge in [-0.1, -0.05) is 13.3 Å². The molecular weight excluding hydrogens is 250 g/mol. The summed E-state index contributed by atoms with van der Waals surface area (Å²) in [4.78, 5) is 20.9. The van der Waals surface area contributed by atoms with Crippen LogP contribution >= 0.6 is 0 Å². The first kappa shape index (κ1) is 14.6. The highest BCUT2D eigenvalue weighted by atomic mass is 16.6. The van der Waals surface area contributed by atoms with E-state index in [1.807, 2.05) is 6.92 Å². The van der Waals surface area contributed by atoms with Crippen LogP contribution in [0.1, 0.15) is 26.2 Å². The molecule has 0 saturated heterocycles. The number of nitro benzene ring substituents is 1. The Morgan fingerprint density at radius 1 is 1.42 bits per heavy atom. The first-order chi connectivity index (χ1) is 9.04. The molecule has 0 aliphatic carbocycles. The molecular formula is C12H15N3O4. The van der Waals surface area contributed by atoms with Crippen LogP contribution in [0.25, 0.3) is 0 Å². The van der Waals surface area contributed by atoms with E-state index in [2.05, 4.69) is 10.5 Å². The summed E-state index contributed by atoms with van der Waals surface area (Å²) >= 11 is 0. The maximum atomic E-state index is 10.9. The number of nitrogens with zero attached hydrogens (tertiary/aromatic N) is 2. The summed E-state index contributed by atoms with van der Waals surface area (Å²) < 4.78 is 0. The summed E-state index contributed by atoms with van der Waals surface area (Å²) in [6.07, 6.45) is 2.00. The van der Waals surface area contributed by atoms with Gasteiger partial charge in [0.05, 0.1) is 10.6 Å². The van der Waals surface area contributed by atoms with Gasteiger partial charge < -0.3 is 5.11 Å². The van der Waals surface area contributed by atoms with E-state index >= 15 is 0 Å². The van der Waals surface area contributed by atoms with E-state index in [1.165, 1.54) is 24.3 Å². The average Bonchev–Trinajstić information content (AvgIpc) is 2.39. The molecule has 2 N–H and O–H groups in total. The lowest BCUT2D eigenvalue weighted by atomic mass is 10.2. The van der Waals surface area contributed by atoms with Gasteiger partial charge in [0.1, 0.15) is 5.71 Å². The van der Waals surface area contributed by atoms with E-state index in [1.54, 1.807) is 0 Å². The quantitative estimate of drug-likeness (QED) is 0.448. The molecule has 0 spiro atoms. The molecule has 0 saturated carbocycles. The zero-order valence-corrected chi connectivity index (χ0v) is 10.5. The second kappa shape index (κ2) is 7.10. The fourth-order valence-corrected chi connectivity index (χ4v) is 1.34. The van der Waals surface area contributed by atoms with Crippen molar-refractivity contribution in [3.05, 3.63) is 34.4 Å². The van der Waals surface area contributed by atoms with Crippen LogP contribution in [0, 0.1) is 10.1 Å². The van der Waals surface area contributed by atoms with Crippen molar-refractivity contribution in [1.82, 2.24) is 0 Å². The topological polar surface area (TPSA) is 105 Å². The number of anilines is 1. The van der Waals surface area contributed by atoms with E-state index < -0.39 is 10.9 Å². The second-order valence-electron chi connectivity index (χ2n) is 3.88. The summed E-state index contributed by atoms with van der Waals surface area (Å²) in [6, 6.07) is 5.59. The third-order valence-corrected chi connectivity index (χ3v) is 2.41. The molecule has 0 heterocycles. The van der Waals surface area contributed by atoms with Crippen molar-refractivity contribution in [2.75, 3.05) is 5.43 Å². The normalized spacial score (nSPS) is 11.1. The van der Waals surface area contributed by atoms with Gasteiger partial charge in [-0.25, -0.2) is 4.79 Å². The van der Waals surface area contributed by atoms with Crippen molar-refractivity contribution < 1.29 is 14.8 Å². The fourth-order valence-electron chi connectivity index (χ4n) is 1.34. The Hall–Kier alpha value is -2.44. The summed E-state index contributed by atoms with van der Waals surface area (Å²) in [7, 11) is 0. The highest BCUT2D eigenvalue weighted by molar-refractivity contribution is 6.35. The maximum Gasteiger partial charge on any atom is 0.352 e. The van der Waals surface area contributed by atoms with Gasteiger partial charge in [-0.05, 0) is 25.0 Å². The Kier molecular flexibility index (Phi) is 5.46. The van der Waals surface area contributed by atoms with Gasteiger partial charge in [-0.2, -0.15) is 5.10 Å². The molecule has 0 aromatic heterocycles. The van der Waals surface area contributed by atoms with Gasteiger partial charge in [0.2, 0.25) is 0 Å². The van der Waals surface area contributed by atoms with Crippen molar-refractivity contribution in [3.63, 3.8) is 0 Å². The molecule has 1 rings (SSSR count). The Bertz CT molecular complexity index is 482. The number of hydrazone groups is 1. The maximum absolute atomic E-state index is 10.9. The lowest BCUT2D eigenvalue weighted by molar-refractivity contribution is -0.384. The highest BCUT2D eigenvalue weighted by Crippen LogP contribution is 2.15. The third kappa shape index (κ3) is 4.74. The Morgan fingerprint density at radius 2 is 2.05 bits per heavy atom. The molecule has 0 aliphatic rings. The van der Waals surface area contributed by atoms with Gasteiger partial charge in [0, 0.05) is 12.1 Å². The third-order valence-electron chi connectivity index (χ3n) is 2.41. The molecule has 7 heteroatoms. The molecule has 0 atom stereocenters. The van der Waals surface area contributed by atoms with Crippen molar-refractivity contribution >= 4 is 23.1 Å². The monoisotopic (exact) mass is 265 g/mol. The lowest BCUT2D eigenvalue weighted by Crippen LogP contribution is -2.14. The number of aliphatic carboxylic acids is 1. The number of carboxylic acids is 1. The van der Waals surface area contributed by atoms with Crippen LogP contribution in [0.4, 0.5) is 11.4 Å². The molecule has 0 aliphatic heterocycles. The number of non-ortho nitro benzene ring substituents is 1. The molecule has 0 fully saturated rings. The van der Waals surface area contributed by atoms with Crippen LogP contribution in [0.5, 0.6) is 0 Å². The van der Waals surface area contributed by atoms with Gasteiger partial charge in [0.15, 0.2) is 0 Å². The van der Waals surface area contributed by atoms with Crippen LogP contribution in [0.15, 0.2) is 29.4 Å². The average molecular weight is 265 g/mol. The van der Waals surface area contributed by atoms with Gasteiger partial charge in [-0.3, -0.25) is 15.5 Å². The van der Waals surface area contributed by atoms with Crippen molar-refractivity contribution in [2.24, 2.45) is 5.10 Å². The minimum atomic E-state index is -1.07. The highest BCUT2D eigenvalue weighted by Gasteiger charge is 2.09. The number of hydrogen-bond donors (Lipinski definition) is 2. The molecule has 1 aromatic rings. The van der Waals surface area contributed by atoms with Crippen LogP contribution < -0.4 is 5.43 Å². The van der Waals surface area contributed by atoms with E-state index in [0.29, 0.717) is 12.1 Å². The molecule has 0 radical (unpaired) electrons. The van der Waals surface area contributed by atoms with E-state index in [4.69, 9.17) is 5.11 Å². The predicted molar refractivity (Wildman–Crippen MR) is 71.3 cm³/mol. The van der Waals surface area contributed by atoms with Gasteiger partial charge in [-0.15, -0.1) is 0 Å². The first-order valence-corrected chi connectivity index (χ1v) is 5.85. The molecule has 19 heavy (non-hydrogen) atoms. The molecule has 102 valence electrons. The molecule has 1 aromatic carbocycles. The number of hydrogen-bond acceptors (Lipinski definition) is 5. The van der Waals surface area contributed by atoms with E-state index in [-0.39, 0.29) is 11.4 Å². The summed E-state index contributed by atoms with van der Waals surface area (Å²) in [5.41, 5.74) is 3.10. The summed E-state index contributed by atoms with van der Waals surface area (Å²) in [5.74, 6) is -1.07. The van der Waals surface area contributed by atoms with Crippen LogP contribution in [-0.2, 0) is 4.79 Å². The summed E-state index contributed by atoms with van der Waals surface area (Å²) in [6.45, 7) is 1.96. The molecule has 0 bridgehead atoms. The summed E-state index contributed by atoms with van der Waals surface area (Å²) in [5, 5.41) is 23.2. The van der Waals surface area contributed by atoms with Crippen molar-refractivity contribution in [1.29, 1.82) is 0 Å².